The summed E-state index contributed by atoms with van der Waals surface area (Å²) in [7, 11) is 0. The Bertz CT molecular complexity index is 208. The zero-order valence-electron chi connectivity index (χ0n) is 4.58. The molecule has 8 nitrogen and oxygen atoms in total. The molecule has 0 aliphatic carbocycles. The van der Waals surface area contributed by atoms with E-state index in [9.17, 15) is 0 Å². The standard InChI is InChI=1S/2Cr.Ge.8O/q;;+4;;;;;4*-1. The molecule has 64 valence electrons. The average Bonchev–Trinajstić information content (AvgIpc) is 1.12. The molecule has 0 bridgehead atoms. The Kier molecular flexibility index (Phi) is 9.95. The van der Waals surface area contributed by atoms with Gasteiger partial charge < -0.3 is 0 Å². The Hall–Kier alpha value is 0.648. The van der Waals surface area contributed by atoms with Crippen LogP contribution in [0.2, 0.25) is 0 Å². The van der Waals surface area contributed by atoms with E-state index < -0.39 is 27.2 Å². The molecule has 0 aromatic carbocycles. The Morgan fingerprint density at radius 3 is 0.636 bits per heavy atom. The Morgan fingerprint density at radius 1 is 0.636 bits per heavy atom. The van der Waals surface area contributed by atoms with Gasteiger partial charge in [0, 0.05) is 0 Å². The van der Waals surface area contributed by atoms with E-state index in [1.807, 2.05) is 0 Å². The molecule has 0 aromatic rings. The van der Waals surface area contributed by atoms with Gasteiger partial charge in [-0.05, 0) is 0 Å². The van der Waals surface area contributed by atoms with Gasteiger partial charge in [0.15, 0.2) is 0 Å². The molecule has 0 atom stereocenters. The summed E-state index contributed by atoms with van der Waals surface area (Å²) in [4.78, 5) is 0. The summed E-state index contributed by atoms with van der Waals surface area (Å²) in [6.07, 6.45) is 0. The first-order chi connectivity index (χ1) is 4.00. The van der Waals surface area contributed by atoms with E-state index in [-0.39, 0.29) is 17.6 Å². The van der Waals surface area contributed by atoms with Gasteiger partial charge in [0.2, 0.25) is 0 Å². The molecule has 0 aromatic heterocycles. The monoisotopic (exact) mass is 306 g/mol. The third kappa shape index (κ3) is 1900. The summed E-state index contributed by atoms with van der Waals surface area (Å²) < 4.78 is 68.8. The number of rotatable bonds is 0. The predicted octanol–water partition coefficient (Wildman–Crippen LogP) is -5.62. The number of hydrogen-bond acceptors (Lipinski definition) is 8. The third-order valence-corrected chi connectivity index (χ3v) is 0. The molecule has 0 amide bonds. The van der Waals surface area contributed by atoms with Crippen molar-refractivity contribution in [2.75, 3.05) is 0 Å². The van der Waals surface area contributed by atoms with Crippen molar-refractivity contribution >= 4 is 17.6 Å². The van der Waals surface area contributed by atoms with Gasteiger partial charge in [0.25, 0.3) is 0 Å². The third-order valence-electron chi connectivity index (χ3n) is 0. The average molecular weight is 305 g/mol. The Morgan fingerprint density at radius 2 is 0.636 bits per heavy atom. The van der Waals surface area contributed by atoms with Gasteiger partial charge >= 0.3 is 76.7 Å². The zero-order chi connectivity index (χ0) is 9.00. The molecule has 0 rings (SSSR count). The minimum absolute atomic E-state index is 0. The fourth-order valence-electron chi connectivity index (χ4n) is 0. The van der Waals surface area contributed by atoms with Gasteiger partial charge in [-0.3, -0.25) is 0 Å². The first-order valence-corrected chi connectivity index (χ1v) is 5.50. The summed E-state index contributed by atoms with van der Waals surface area (Å²) >= 11 is -11.5. The van der Waals surface area contributed by atoms with Crippen molar-refractivity contribution in [3.8, 4) is 0 Å². The summed E-state index contributed by atoms with van der Waals surface area (Å²) in [5.41, 5.74) is 0. The first kappa shape index (κ1) is 17.7. The second-order valence-electron chi connectivity index (χ2n) is 0.816. The molecule has 0 saturated carbocycles. The molecule has 0 radical (unpaired) electrons. The van der Waals surface area contributed by atoms with Crippen molar-refractivity contribution in [2.45, 2.75) is 0 Å². The van der Waals surface area contributed by atoms with Crippen LogP contribution in [-0.2, 0) is 42.4 Å². The molecule has 0 heterocycles. The van der Waals surface area contributed by atoms with E-state index in [1.165, 1.54) is 0 Å². The molecule has 11 heavy (non-hydrogen) atoms. The molecule has 0 N–H and O–H groups in total. The Balaban J connectivity index is -0.000000107. The molecule has 11 heteroatoms. The van der Waals surface area contributed by atoms with Crippen molar-refractivity contribution in [3.63, 3.8) is 0 Å². The van der Waals surface area contributed by atoms with E-state index in [2.05, 4.69) is 0 Å². The van der Waals surface area contributed by atoms with Crippen molar-refractivity contribution in [2.24, 2.45) is 0 Å². The summed E-state index contributed by atoms with van der Waals surface area (Å²) in [6.45, 7) is 0. The fourth-order valence-corrected chi connectivity index (χ4v) is 0. The van der Waals surface area contributed by atoms with Gasteiger partial charge in [0.1, 0.15) is 0 Å². The topological polar surface area (TPSA) is 161 Å². The molecular formula is Cr2GeO8. The second kappa shape index (κ2) is 6.20. The van der Waals surface area contributed by atoms with Crippen LogP contribution in [0.15, 0.2) is 0 Å². The predicted molar refractivity (Wildman–Crippen MR) is 8.50 cm³/mol. The van der Waals surface area contributed by atoms with E-state index >= 15 is 0 Å². The van der Waals surface area contributed by atoms with E-state index in [0.29, 0.717) is 0 Å². The molecule has 0 unspecified atom stereocenters. The van der Waals surface area contributed by atoms with Gasteiger partial charge in [-0.25, -0.2) is 0 Å². The molecule has 0 spiro atoms. The number of hydrogen-bond donors (Lipinski definition) is 0. The van der Waals surface area contributed by atoms with Crippen LogP contribution in [0.5, 0.6) is 0 Å². The SMILES string of the molecule is [Ge+4].[O]=[Cr](=[O])([O-])[O-].[O]=[Cr](=[O])([O-])[O-]. The van der Waals surface area contributed by atoms with Crippen LogP contribution in [0.4, 0.5) is 0 Å². The first-order valence-electron chi connectivity index (χ1n) is 1.33. The van der Waals surface area contributed by atoms with Gasteiger partial charge in [-0.2, -0.15) is 0 Å². The summed E-state index contributed by atoms with van der Waals surface area (Å²) in [6, 6.07) is 0. The van der Waals surface area contributed by atoms with Gasteiger partial charge in [0.05, 0.1) is 0 Å². The fraction of sp³-hybridized carbons (Fsp3) is 0. The molecular weight excluding hydrogens is 305 g/mol. The Labute approximate surface area is 76.6 Å². The molecule has 0 fully saturated rings. The van der Waals surface area contributed by atoms with Crippen LogP contribution < -0.4 is 16.6 Å². The van der Waals surface area contributed by atoms with E-state index in [0.717, 1.165) is 0 Å². The summed E-state index contributed by atoms with van der Waals surface area (Å²) in [5, 5.41) is 0. The van der Waals surface area contributed by atoms with E-state index in [1.54, 1.807) is 0 Å². The van der Waals surface area contributed by atoms with Crippen molar-refractivity contribution < 1.29 is 59.1 Å². The second-order valence-corrected chi connectivity index (χ2v) is 3.37. The molecule has 0 saturated heterocycles. The van der Waals surface area contributed by atoms with E-state index in [4.69, 9.17) is 31.8 Å². The quantitative estimate of drug-likeness (QED) is 0.400. The minimum atomic E-state index is -5.75. The normalized spacial score (nSPS) is 10.5. The van der Waals surface area contributed by atoms with Crippen molar-refractivity contribution in [1.82, 2.24) is 0 Å². The van der Waals surface area contributed by atoms with Crippen LogP contribution in [0.3, 0.4) is 0 Å². The summed E-state index contributed by atoms with van der Waals surface area (Å²) in [5.74, 6) is 0. The van der Waals surface area contributed by atoms with Crippen molar-refractivity contribution in [3.05, 3.63) is 0 Å². The van der Waals surface area contributed by atoms with Gasteiger partial charge in [-0.1, -0.05) is 0 Å². The molecule has 0 aliphatic heterocycles. The van der Waals surface area contributed by atoms with Crippen LogP contribution in [-0.4, -0.2) is 17.6 Å². The van der Waals surface area contributed by atoms with Gasteiger partial charge in [-0.15, -0.1) is 0 Å². The van der Waals surface area contributed by atoms with Crippen LogP contribution in [0.25, 0.3) is 0 Å². The maximum absolute atomic E-state index is 8.59. The van der Waals surface area contributed by atoms with Crippen LogP contribution in [0.1, 0.15) is 0 Å². The van der Waals surface area contributed by atoms with Crippen LogP contribution in [0, 0.1) is 0 Å². The maximum atomic E-state index is 8.59. The zero-order valence-corrected chi connectivity index (χ0v) is 9.23. The van der Waals surface area contributed by atoms with Crippen LogP contribution >= 0.6 is 0 Å². The molecule has 0 aliphatic rings. The van der Waals surface area contributed by atoms with Crippen molar-refractivity contribution in [1.29, 1.82) is 0 Å².